The number of aromatic nitrogens is 3. The molecule has 0 aliphatic carbocycles. The summed E-state index contributed by atoms with van der Waals surface area (Å²) in [5.41, 5.74) is 4.51. The molecule has 6 heteroatoms. The van der Waals surface area contributed by atoms with Gasteiger partial charge in [-0.1, -0.05) is 47.7 Å². The lowest BCUT2D eigenvalue weighted by molar-refractivity contribution is -0.118. The molecule has 4 rings (SSSR count). The number of carbonyl (C=O) groups is 1. The lowest BCUT2D eigenvalue weighted by Crippen LogP contribution is -2.34. The van der Waals surface area contributed by atoms with E-state index in [1.54, 1.807) is 17.5 Å². The van der Waals surface area contributed by atoms with Gasteiger partial charge in [-0.15, -0.1) is 0 Å². The summed E-state index contributed by atoms with van der Waals surface area (Å²) in [5, 5.41) is 5.03. The first-order chi connectivity index (χ1) is 14.1. The minimum atomic E-state index is 0.0921. The van der Waals surface area contributed by atoms with Crippen LogP contribution in [0.5, 0.6) is 0 Å². The van der Waals surface area contributed by atoms with E-state index in [1.807, 2.05) is 40.0 Å². The largest absolute Gasteiger partial charge is 0.286 e. The van der Waals surface area contributed by atoms with Crippen LogP contribution in [0.25, 0.3) is 10.2 Å². The standard InChI is InChI=1S/C23H24N4OS/c1-17-15-18(2)22-20(16-17)29-23(25-22)27(14-13-26-12-6-11-24-26)21(28)10-9-19-7-4-3-5-8-19/h3-8,11-12,15-16H,9-10,13-14H2,1-2H3. The Hall–Kier alpha value is -2.99. The monoisotopic (exact) mass is 404 g/mol. The molecular weight excluding hydrogens is 380 g/mol. The van der Waals surface area contributed by atoms with E-state index in [4.69, 9.17) is 4.98 Å². The van der Waals surface area contributed by atoms with Crippen LogP contribution in [0.15, 0.2) is 60.9 Å². The van der Waals surface area contributed by atoms with Gasteiger partial charge in [-0.25, -0.2) is 4.98 Å². The second-order valence-electron chi connectivity index (χ2n) is 7.23. The van der Waals surface area contributed by atoms with Crippen LogP contribution in [-0.4, -0.2) is 27.2 Å². The summed E-state index contributed by atoms with van der Waals surface area (Å²) in [6, 6.07) is 16.3. The van der Waals surface area contributed by atoms with Crippen molar-refractivity contribution in [3.05, 3.63) is 77.6 Å². The summed E-state index contributed by atoms with van der Waals surface area (Å²) >= 11 is 1.59. The molecule has 0 saturated heterocycles. The SMILES string of the molecule is Cc1cc(C)c2nc(N(CCn3cccn3)C(=O)CCc3ccccc3)sc2c1. The fourth-order valence-electron chi connectivity index (χ4n) is 3.47. The van der Waals surface area contributed by atoms with Crippen LogP contribution in [0.2, 0.25) is 0 Å². The average Bonchev–Trinajstić information content (AvgIpc) is 3.37. The zero-order chi connectivity index (χ0) is 20.2. The second-order valence-corrected chi connectivity index (χ2v) is 8.23. The molecule has 2 aromatic heterocycles. The maximum Gasteiger partial charge on any atom is 0.229 e. The van der Waals surface area contributed by atoms with Gasteiger partial charge in [0.05, 0.1) is 16.8 Å². The molecule has 0 fully saturated rings. The Morgan fingerprint density at radius 2 is 1.97 bits per heavy atom. The van der Waals surface area contributed by atoms with Crippen molar-refractivity contribution in [1.29, 1.82) is 0 Å². The Balaban J connectivity index is 1.58. The molecule has 0 bridgehead atoms. The number of amides is 1. The van der Waals surface area contributed by atoms with Crippen molar-refractivity contribution in [2.45, 2.75) is 33.2 Å². The van der Waals surface area contributed by atoms with E-state index in [2.05, 4.69) is 43.2 Å². The number of thiazole rings is 1. The van der Waals surface area contributed by atoms with Gasteiger partial charge in [-0.2, -0.15) is 5.10 Å². The first-order valence-electron chi connectivity index (χ1n) is 9.79. The number of aryl methyl sites for hydroxylation is 3. The van der Waals surface area contributed by atoms with Gasteiger partial charge in [0.2, 0.25) is 5.91 Å². The van der Waals surface area contributed by atoms with Crippen LogP contribution >= 0.6 is 11.3 Å². The number of hydrogen-bond acceptors (Lipinski definition) is 4. The number of anilines is 1. The summed E-state index contributed by atoms with van der Waals surface area (Å²) in [6.45, 7) is 5.35. The van der Waals surface area contributed by atoms with Crippen molar-refractivity contribution < 1.29 is 4.79 Å². The van der Waals surface area contributed by atoms with Crippen LogP contribution in [0, 0.1) is 13.8 Å². The smallest absolute Gasteiger partial charge is 0.229 e. The van der Waals surface area contributed by atoms with E-state index in [0.29, 0.717) is 19.5 Å². The highest BCUT2D eigenvalue weighted by atomic mass is 32.1. The van der Waals surface area contributed by atoms with Crippen molar-refractivity contribution in [3.63, 3.8) is 0 Å². The third-order valence-corrected chi connectivity index (χ3v) is 5.96. The van der Waals surface area contributed by atoms with Crippen LogP contribution < -0.4 is 4.90 Å². The number of nitrogens with zero attached hydrogens (tertiary/aromatic N) is 4. The molecule has 4 aromatic rings. The maximum absolute atomic E-state index is 13.2. The van der Waals surface area contributed by atoms with Crippen LogP contribution in [-0.2, 0) is 17.8 Å². The predicted octanol–water partition coefficient (Wildman–Crippen LogP) is 4.78. The van der Waals surface area contributed by atoms with Crippen LogP contribution in [0.3, 0.4) is 0 Å². The first kappa shape index (κ1) is 19.3. The Bertz CT molecular complexity index is 1100. The molecule has 2 aromatic carbocycles. The summed E-state index contributed by atoms with van der Waals surface area (Å²) in [5.74, 6) is 0.0921. The van der Waals surface area contributed by atoms with Crippen LogP contribution in [0.4, 0.5) is 5.13 Å². The number of hydrogen-bond donors (Lipinski definition) is 0. The Morgan fingerprint density at radius 1 is 1.14 bits per heavy atom. The van der Waals surface area contributed by atoms with Crippen molar-refractivity contribution in [3.8, 4) is 0 Å². The number of fused-ring (bicyclic) bond motifs is 1. The fraction of sp³-hybridized carbons (Fsp3) is 0.261. The average molecular weight is 405 g/mol. The van der Waals surface area contributed by atoms with Crippen molar-refractivity contribution in [1.82, 2.24) is 14.8 Å². The molecule has 0 spiro atoms. The Labute approximate surface area is 174 Å². The maximum atomic E-state index is 13.2. The molecule has 148 valence electrons. The summed E-state index contributed by atoms with van der Waals surface area (Å²) in [6.07, 6.45) is 4.85. The molecule has 0 radical (unpaired) electrons. The van der Waals surface area contributed by atoms with Gasteiger partial charge < -0.3 is 0 Å². The van der Waals surface area contributed by atoms with Gasteiger partial charge in [0.25, 0.3) is 0 Å². The molecule has 0 N–H and O–H groups in total. The minimum Gasteiger partial charge on any atom is -0.286 e. The van der Waals surface area contributed by atoms with E-state index < -0.39 is 0 Å². The summed E-state index contributed by atoms with van der Waals surface area (Å²) in [4.78, 5) is 19.8. The van der Waals surface area contributed by atoms with Crippen molar-refractivity contribution in [2.75, 3.05) is 11.4 Å². The zero-order valence-electron chi connectivity index (χ0n) is 16.7. The van der Waals surface area contributed by atoms with E-state index in [9.17, 15) is 4.79 Å². The number of benzene rings is 2. The van der Waals surface area contributed by atoms with Crippen molar-refractivity contribution >= 4 is 32.6 Å². The molecule has 2 heterocycles. The predicted molar refractivity (Wildman–Crippen MR) is 118 cm³/mol. The van der Waals surface area contributed by atoms with E-state index in [1.165, 1.54) is 11.1 Å². The van der Waals surface area contributed by atoms with E-state index in [-0.39, 0.29) is 5.91 Å². The topological polar surface area (TPSA) is 51.0 Å². The van der Waals surface area contributed by atoms with Gasteiger partial charge >= 0.3 is 0 Å². The van der Waals surface area contributed by atoms with E-state index in [0.717, 1.165) is 27.3 Å². The number of carbonyl (C=O) groups excluding carboxylic acids is 1. The van der Waals surface area contributed by atoms with Gasteiger partial charge in [-0.05, 0) is 49.1 Å². The van der Waals surface area contributed by atoms with Gasteiger partial charge in [-0.3, -0.25) is 14.4 Å². The lowest BCUT2D eigenvalue weighted by Gasteiger charge is -2.20. The molecule has 0 atom stereocenters. The quantitative estimate of drug-likeness (QED) is 0.446. The van der Waals surface area contributed by atoms with E-state index >= 15 is 0 Å². The van der Waals surface area contributed by atoms with Gasteiger partial charge in [0.1, 0.15) is 0 Å². The molecule has 0 unspecified atom stereocenters. The zero-order valence-corrected chi connectivity index (χ0v) is 17.5. The normalized spacial score (nSPS) is 11.1. The highest BCUT2D eigenvalue weighted by Crippen LogP contribution is 2.32. The Kier molecular flexibility index (Phi) is 5.71. The Morgan fingerprint density at radius 3 is 2.72 bits per heavy atom. The molecule has 0 saturated carbocycles. The molecule has 5 nitrogen and oxygen atoms in total. The minimum absolute atomic E-state index is 0.0921. The van der Waals surface area contributed by atoms with Gasteiger partial charge in [0, 0.05) is 25.4 Å². The lowest BCUT2D eigenvalue weighted by atomic mass is 10.1. The van der Waals surface area contributed by atoms with Gasteiger partial charge in [0.15, 0.2) is 5.13 Å². The molecule has 0 aliphatic rings. The molecule has 1 amide bonds. The third kappa shape index (κ3) is 4.54. The number of rotatable bonds is 7. The fourth-order valence-corrected chi connectivity index (χ4v) is 4.65. The molecular formula is C23H24N4OS. The van der Waals surface area contributed by atoms with Crippen LogP contribution in [0.1, 0.15) is 23.1 Å². The highest BCUT2D eigenvalue weighted by molar-refractivity contribution is 7.22. The highest BCUT2D eigenvalue weighted by Gasteiger charge is 2.20. The third-order valence-electron chi connectivity index (χ3n) is 4.93. The molecule has 0 aliphatic heterocycles. The molecule has 29 heavy (non-hydrogen) atoms. The van der Waals surface area contributed by atoms with Crippen molar-refractivity contribution in [2.24, 2.45) is 0 Å². The second kappa shape index (κ2) is 8.57. The summed E-state index contributed by atoms with van der Waals surface area (Å²) < 4.78 is 2.97. The first-order valence-corrected chi connectivity index (χ1v) is 10.6. The summed E-state index contributed by atoms with van der Waals surface area (Å²) in [7, 11) is 0.